The molecule has 0 radical (unpaired) electrons. The van der Waals surface area contributed by atoms with Crippen molar-refractivity contribution in [3.8, 4) is 0 Å². The first-order chi connectivity index (χ1) is 5.30. The van der Waals surface area contributed by atoms with Crippen LogP contribution in [0.4, 0.5) is 0 Å². The molecule has 0 heterocycles. The van der Waals surface area contributed by atoms with Gasteiger partial charge in [-0.1, -0.05) is 0 Å². The number of carbonyl (C=O) groups is 3. The molecule has 0 aliphatic rings. The van der Waals surface area contributed by atoms with Gasteiger partial charge in [0.25, 0.3) is 5.60 Å². The van der Waals surface area contributed by atoms with E-state index < -0.39 is 29.9 Å². The third-order valence-electron chi connectivity index (χ3n) is 1.11. The predicted molar refractivity (Wildman–Crippen MR) is 39.6 cm³/mol. The van der Waals surface area contributed by atoms with Crippen LogP contribution >= 0.6 is 0 Å². The van der Waals surface area contributed by atoms with Crippen molar-refractivity contribution in [2.45, 2.75) is 12.0 Å². The number of rotatable bonds is 4. The van der Waals surface area contributed by atoms with E-state index in [1.807, 2.05) is 0 Å². The zero-order valence-electron chi connectivity index (χ0n) is 5.72. The van der Waals surface area contributed by atoms with Gasteiger partial charge in [0.2, 0.25) is 0 Å². The van der Waals surface area contributed by atoms with Crippen LogP contribution in [-0.2, 0) is 14.4 Å². The van der Waals surface area contributed by atoms with Crippen LogP contribution in [0, 0.1) is 0 Å². The van der Waals surface area contributed by atoms with Gasteiger partial charge in [-0.15, -0.1) is 0 Å². The molecule has 0 bridgehead atoms. The molecule has 13 heavy (non-hydrogen) atoms. The fraction of sp³-hybridized carbons (Fsp3) is 0.400. The number of hydrogen-bond donors (Lipinski definition) is 4. The summed E-state index contributed by atoms with van der Waals surface area (Å²) in [5.74, 6) is -5.91. The SMILES string of the molecule is O=C(O)CC(O)(C(=O)O)C(=O)O.[NaH]. The van der Waals surface area contributed by atoms with E-state index in [2.05, 4.69) is 0 Å². The Morgan fingerprint density at radius 3 is 1.38 bits per heavy atom. The van der Waals surface area contributed by atoms with E-state index in [0.29, 0.717) is 0 Å². The van der Waals surface area contributed by atoms with Crippen molar-refractivity contribution < 1.29 is 34.8 Å². The van der Waals surface area contributed by atoms with E-state index in [1.165, 1.54) is 0 Å². The van der Waals surface area contributed by atoms with Crippen molar-refractivity contribution >= 4 is 47.5 Å². The van der Waals surface area contributed by atoms with Crippen molar-refractivity contribution in [1.29, 1.82) is 0 Å². The molecule has 0 rings (SSSR count). The third kappa shape index (κ3) is 3.73. The molecule has 0 aromatic carbocycles. The Labute approximate surface area is 94.3 Å². The summed E-state index contributed by atoms with van der Waals surface area (Å²) in [6.07, 6.45) is -1.38. The maximum absolute atomic E-state index is 10.1. The quantitative estimate of drug-likeness (QED) is 0.298. The second kappa shape index (κ2) is 5.18. The average molecular weight is 202 g/mol. The molecule has 0 atom stereocenters. The first-order valence-corrected chi connectivity index (χ1v) is 2.71. The second-order valence-electron chi connectivity index (χ2n) is 2.04. The van der Waals surface area contributed by atoms with Crippen molar-refractivity contribution in [2.75, 3.05) is 0 Å². The number of carboxylic acids is 3. The Hall–Kier alpha value is -0.630. The topological polar surface area (TPSA) is 132 Å². The second-order valence-corrected chi connectivity index (χ2v) is 2.04. The van der Waals surface area contributed by atoms with Gasteiger partial charge in [-0.25, -0.2) is 9.59 Å². The molecule has 0 aliphatic heterocycles. The first kappa shape index (κ1) is 14.9. The molecule has 0 saturated heterocycles. The molecule has 4 N–H and O–H groups in total. The van der Waals surface area contributed by atoms with Gasteiger partial charge < -0.3 is 20.4 Å². The molecule has 7 nitrogen and oxygen atoms in total. The Bertz CT molecular complexity index is 221. The molecule has 0 aliphatic carbocycles. The molecule has 0 aromatic heterocycles. The van der Waals surface area contributed by atoms with Crippen LogP contribution in [0.3, 0.4) is 0 Å². The molecule has 0 amide bonds. The van der Waals surface area contributed by atoms with Gasteiger partial charge >= 0.3 is 47.5 Å². The molecule has 8 heteroatoms. The van der Waals surface area contributed by atoms with Gasteiger partial charge in [-0.05, 0) is 0 Å². The summed E-state index contributed by atoms with van der Waals surface area (Å²) < 4.78 is 0. The molecule has 70 valence electrons. The van der Waals surface area contributed by atoms with E-state index >= 15 is 0 Å². The Kier molecular flexibility index (Phi) is 5.92. The fourth-order valence-corrected chi connectivity index (χ4v) is 0.462. The van der Waals surface area contributed by atoms with Crippen LogP contribution < -0.4 is 0 Å². The molecule has 0 fully saturated rings. The number of carboxylic acid groups (broad SMARTS) is 3. The van der Waals surface area contributed by atoms with E-state index in [4.69, 9.17) is 20.4 Å². The van der Waals surface area contributed by atoms with Crippen LogP contribution in [0.5, 0.6) is 0 Å². The Balaban J connectivity index is 0. The van der Waals surface area contributed by atoms with Crippen LogP contribution in [-0.4, -0.2) is 73.5 Å². The molecule has 0 unspecified atom stereocenters. The van der Waals surface area contributed by atoms with Gasteiger partial charge in [0, 0.05) is 0 Å². The summed E-state index contributed by atoms with van der Waals surface area (Å²) in [5.41, 5.74) is -3.24. The molecular weight excluding hydrogens is 195 g/mol. The van der Waals surface area contributed by atoms with Crippen molar-refractivity contribution in [1.82, 2.24) is 0 Å². The maximum atomic E-state index is 10.1. The minimum atomic E-state index is -3.24. The average Bonchev–Trinajstić information content (AvgIpc) is 1.84. The zero-order chi connectivity index (χ0) is 9.94. The summed E-state index contributed by atoms with van der Waals surface area (Å²) in [6, 6.07) is 0. The van der Waals surface area contributed by atoms with Crippen LogP contribution in [0.25, 0.3) is 0 Å². The van der Waals surface area contributed by atoms with Gasteiger partial charge in [-0.2, -0.15) is 0 Å². The summed E-state index contributed by atoms with van der Waals surface area (Å²) in [7, 11) is 0. The van der Waals surface area contributed by atoms with Crippen molar-refractivity contribution in [3.05, 3.63) is 0 Å². The Morgan fingerprint density at radius 1 is 1.00 bits per heavy atom. The summed E-state index contributed by atoms with van der Waals surface area (Å²) in [6.45, 7) is 0. The monoisotopic (exact) mass is 202 g/mol. The third-order valence-corrected chi connectivity index (χ3v) is 1.11. The van der Waals surface area contributed by atoms with Crippen LogP contribution in [0.15, 0.2) is 0 Å². The van der Waals surface area contributed by atoms with E-state index in [-0.39, 0.29) is 29.6 Å². The number of aliphatic carboxylic acids is 3. The molecular formula is C5H7NaO7. The van der Waals surface area contributed by atoms with Gasteiger partial charge in [0.1, 0.15) is 0 Å². The van der Waals surface area contributed by atoms with E-state index in [9.17, 15) is 14.4 Å². The summed E-state index contributed by atoms with van der Waals surface area (Å²) >= 11 is 0. The van der Waals surface area contributed by atoms with E-state index in [0.717, 1.165) is 0 Å². The van der Waals surface area contributed by atoms with Crippen molar-refractivity contribution in [2.24, 2.45) is 0 Å². The predicted octanol–water partition coefficient (Wildman–Crippen LogP) is -2.29. The normalized spacial score (nSPS) is 9.92. The first-order valence-electron chi connectivity index (χ1n) is 2.71. The number of aliphatic hydroxyl groups is 1. The van der Waals surface area contributed by atoms with Crippen molar-refractivity contribution in [3.63, 3.8) is 0 Å². The van der Waals surface area contributed by atoms with Gasteiger partial charge in [0.15, 0.2) is 0 Å². The molecule has 0 spiro atoms. The van der Waals surface area contributed by atoms with Crippen LogP contribution in [0.2, 0.25) is 0 Å². The van der Waals surface area contributed by atoms with Crippen LogP contribution in [0.1, 0.15) is 6.42 Å². The summed E-state index contributed by atoms with van der Waals surface area (Å²) in [5, 5.41) is 33.1. The zero-order valence-corrected chi connectivity index (χ0v) is 5.72. The standard InChI is InChI=1S/C5H6O7.Na.H/c6-2(7)1-5(12,3(8)9)4(10)11;;/h12H,1H2,(H,6,7)(H,8,9)(H,10,11);;. The summed E-state index contributed by atoms with van der Waals surface area (Å²) in [4.78, 5) is 30.1. The van der Waals surface area contributed by atoms with E-state index in [1.54, 1.807) is 0 Å². The van der Waals surface area contributed by atoms with Gasteiger partial charge in [0.05, 0.1) is 6.42 Å². The van der Waals surface area contributed by atoms with Gasteiger partial charge in [-0.3, -0.25) is 4.79 Å². The Morgan fingerprint density at radius 2 is 1.31 bits per heavy atom. The molecule has 0 aromatic rings. The number of hydrogen-bond acceptors (Lipinski definition) is 4. The minimum absolute atomic E-state index is 0. The fourth-order valence-electron chi connectivity index (χ4n) is 0.462. The molecule has 0 saturated carbocycles.